The Morgan fingerprint density at radius 2 is 1.32 bits per heavy atom. The van der Waals surface area contributed by atoms with Gasteiger partial charge in [0, 0.05) is 16.5 Å². The molecule has 25 heavy (non-hydrogen) atoms. The summed E-state index contributed by atoms with van der Waals surface area (Å²) in [6.07, 6.45) is 0. The van der Waals surface area contributed by atoms with Crippen LogP contribution in [0.1, 0.15) is 0 Å². The number of fused-ring (bicyclic) bond motifs is 1. The monoisotopic (exact) mass is 326 g/mol. The van der Waals surface area contributed by atoms with Crippen LogP contribution in [0.15, 0.2) is 78.9 Å². The van der Waals surface area contributed by atoms with E-state index in [1.54, 1.807) is 18.2 Å². The predicted octanol–water partition coefficient (Wildman–Crippen LogP) is 2.64. The number of nitrogens with zero attached hydrogens (tertiary/aromatic N) is 2. The van der Waals surface area contributed by atoms with E-state index in [1.165, 1.54) is 0 Å². The average Bonchev–Trinajstić information content (AvgIpc) is 2.68. The largest absolute Gasteiger partial charge is 0.488 e. The number of rotatable bonds is 3. The third kappa shape index (κ3) is 3.03. The molecule has 5 heteroatoms. The van der Waals surface area contributed by atoms with Crippen molar-refractivity contribution in [3.05, 3.63) is 78.9 Å². The Kier molecular flexibility index (Phi) is 4.02. The average molecular weight is 326 g/mol. The first-order valence-corrected chi connectivity index (χ1v) is 8.01. The van der Waals surface area contributed by atoms with Crippen LogP contribution in [0.3, 0.4) is 0 Å². The van der Waals surface area contributed by atoms with Crippen LogP contribution in [-0.4, -0.2) is 27.1 Å². The zero-order valence-corrected chi connectivity index (χ0v) is 13.4. The lowest BCUT2D eigenvalue weighted by Crippen LogP contribution is -2.29. The summed E-state index contributed by atoms with van der Waals surface area (Å²) in [4.78, 5) is 9.43. The summed E-state index contributed by atoms with van der Waals surface area (Å²) >= 11 is 0. The van der Waals surface area contributed by atoms with Crippen LogP contribution in [-0.2, 0) is 0 Å². The number of hydrogen-bond acceptors (Lipinski definition) is 4. The second kappa shape index (κ2) is 6.47. The van der Waals surface area contributed by atoms with Crippen molar-refractivity contribution in [1.29, 1.82) is 0 Å². The van der Waals surface area contributed by atoms with Crippen molar-refractivity contribution in [2.24, 2.45) is 0 Å². The highest BCUT2D eigenvalue weighted by molar-refractivity contribution is 6.59. The van der Waals surface area contributed by atoms with Crippen molar-refractivity contribution in [3.63, 3.8) is 0 Å². The summed E-state index contributed by atoms with van der Waals surface area (Å²) in [5.41, 5.74) is 3.84. The molecule has 120 valence electrons. The van der Waals surface area contributed by atoms with Crippen molar-refractivity contribution in [3.8, 4) is 22.6 Å². The Hall–Kier alpha value is -3.02. The quantitative estimate of drug-likeness (QED) is 0.568. The lowest BCUT2D eigenvalue weighted by Gasteiger charge is -2.10. The van der Waals surface area contributed by atoms with Gasteiger partial charge in [0.05, 0.1) is 11.2 Å². The molecule has 0 saturated heterocycles. The molecule has 0 spiro atoms. The molecule has 0 aliphatic carbocycles. The van der Waals surface area contributed by atoms with Crippen molar-refractivity contribution in [2.75, 3.05) is 0 Å². The van der Waals surface area contributed by atoms with E-state index >= 15 is 0 Å². The van der Waals surface area contributed by atoms with Gasteiger partial charge in [0.25, 0.3) is 0 Å². The fraction of sp³-hybridized carbons (Fsp3) is 0. The van der Waals surface area contributed by atoms with E-state index in [0.717, 1.165) is 27.7 Å². The summed E-state index contributed by atoms with van der Waals surface area (Å²) in [7, 11) is -1.53. The molecule has 4 nitrogen and oxygen atoms in total. The number of hydrogen-bond donors (Lipinski definition) is 2. The normalized spacial score (nSPS) is 10.8. The molecule has 0 amide bonds. The van der Waals surface area contributed by atoms with Crippen LogP contribution in [0.5, 0.6) is 0 Å². The minimum atomic E-state index is -1.53. The molecule has 0 radical (unpaired) electrons. The first-order chi connectivity index (χ1) is 12.2. The summed E-state index contributed by atoms with van der Waals surface area (Å²) in [5, 5.41) is 19.8. The number of benzene rings is 3. The third-order valence-corrected chi connectivity index (χ3v) is 4.10. The predicted molar refractivity (Wildman–Crippen MR) is 100 cm³/mol. The third-order valence-electron chi connectivity index (χ3n) is 4.10. The Morgan fingerprint density at radius 1 is 0.680 bits per heavy atom. The lowest BCUT2D eigenvalue weighted by molar-refractivity contribution is 0.426. The second-order valence-electron chi connectivity index (χ2n) is 5.78. The highest BCUT2D eigenvalue weighted by atomic mass is 16.4. The maximum atomic E-state index is 9.49. The van der Waals surface area contributed by atoms with Gasteiger partial charge in [-0.15, -0.1) is 0 Å². The molecule has 0 aliphatic rings. The van der Waals surface area contributed by atoms with Gasteiger partial charge in [-0.25, -0.2) is 9.97 Å². The Balaban J connectivity index is 2.01. The first kappa shape index (κ1) is 15.5. The molecule has 0 fully saturated rings. The number of aromatic nitrogens is 2. The van der Waals surface area contributed by atoms with Crippen LogP contribution in [0.2, 0.25) is 0 Å². The smallest absolute Gasteiger partial charge is 0.423 e. The van der Waals surface area contributed by atoms with Gasteiger partial charge in [-0.3, -0.25) is 0 Å². The molecule has 3 aromatic carbocycles. The summed E-state index contributed by atoms with van der Waals surface area (Å²) < 4.78 is 0. The standard InChI is InChI=1S/C20H15BN2O2/c24-21(25)16-11-12-18-17(13-16)19(14-7-3-1-4-8-14)23-20(22-18)15-9-5-2-6-10-15/h1-13,24-25H. The molecule has 2 N–H and O–H groups in total. The molecule has 0 bridgehead atoms. The van der Waals surface area contributed by atoms with Crippen molar-refractivity contribution < 1.29 is 10.0 Å². The second-order valence-corrected chi connectivity index (χ2v) is 5.78. The van der Waals surface area contributed by atoms with Gasteiger partial charge < -0.3 is 10.0 Å². The summed E-state index contributed by atoms with van der Waals surface area (Å²) in [6.45, 7) is 0. The van der Waals surface area contributed by atoms with Gasteiger partial charge in [0.15, 0.2) is 5.82 Å². The van der Waals surface area contributed by atoms with Crippen molar-refractivity contribution >= 4 is 23.5 Å². The van der Waals surface area contributed by atoms with Gasteiger partial charge in [-0.05, 0) is 11.5 Å². The van der Waals surface area contributed by atoms with E-state index in [0.29, 0.717) is 11.3 Å². The van der Waals surface area contributed by atoms with Gasteiger partial charge in [0.2, 0.25) is 0 Å². The van der Waals surface area contributed by atoms with E-state index < -0.39 is 7.12 Å². The maximum absolute atomic E-state index is 9.49. The molecule has 4 aromatic rings. The highest BCUT2D eigenvalue weighted by Crippen LogP contribution is 2.28. The molecule has 0 unspecified atom stereocenters. The summed E-state index contributed by atoms with van der Waals surface area (Å²) in [6, 6.07) is 24.8. The Labute approximate surface area is 145 Å². The van der Waals surface area contributed by atoms with E-state index in [2.05, 4.69) is 4.98 Å². The molecule has 0 aliphatic heterocycles. The van der Waals surface area contributed by atoms with Crippen molar-refractivity contribution in [2.45, 2.75) is 0 Å². The topological polar surface area (TPSA) is 66.2 Å². The first-order valence-electron chi connectivity index (χ1n) is 8.01. The Bertz CT molecular complexity index is 1020. The van der Waals surface area contributed by atoms with Crippen molar-refractivity contribution in [1.82, 2.24) is 9.97 Å². The minimum Gasteiger partial charge on any atom is -0.423 e. The van der Waals surface area contributed by atoms with Crippen LogP contribution in [0, 0.1) is 0 Å². The van der Waals surface area contributed by atoms with Gasteiger partial charge in [0.1, 0.15) is 0 Å². The fourth-order valence-electron chi connectivity index (χ4n) is 2.84. The zero-order valence-electron chi connectivity index (χ0n) is 13.4. The zero-order chi connectivity index (χ0) is 17.2. The molecule has 0 atom stereocenters. The fourth-order valence-corrected chi connectivity index (χ4v) is 2.84. The lowest BCUT2D eigenvalue weighted by atomic mass is 9.79. The molecule has 1 heterocycles. The SMILES string of the molecule is OB(O)c1ccc2nc(-c3ccccc3)nc(-c3ccccc3)c2c1. The van der Waals surface area contributed by atoms with E-state index in [-0.39, 0.29) is 0 Å². The molecular formula is C20H15BN2O2. The molecular weight excluding hydrogens is 311 g/mol. The van der Waals surface area contributed by atoms with E-state index in [1.807, 2.05) is 60.7 Å². The summed E-state index contributed by atoms with van der Waals surface area (Å²) in [5.74, 6) is 0.643. The van der Waals surface area contributed by atoms with Crippen LogP contribution in [0.25, 0.3) is 33.5 Å². The minimum absolute atomic E-state index is 0.417. The highest BCUT2D eigenvalue weighted by Gasteiger charge is 2.16. The van der Waals surface area contributed by atoms with Crippen LogP contribution < -0.4 is 5.46 Å². The van der Waals surface area contributed by atoms with Crippen LogP contribution >= 0.6 is 0 Å². The molecule has 1 aromatic heterocycles. The molecule has 4 rings (SSSR count). The van der Waals surface area contributed by atoms with Gasteiger partial charge in [-0.1, -0.05) is 72.8 Å². The maximum Gasteiger partial charge on any atom is 0.488 e. The molecule has 0 saturated carbocycles. The van der Waals surface area contributed by atoms with Gasteiger partial charge in [-0.2, -0.15) is 0 Å². The van der Waals surface area contributed by atoms with E-state index in [9.17, 15) is 10.0 Å². The Morgan fingerprint density at radius 3 is 1.96 bits per heavy atom. The van der Waals surface area contributed by atoms with E-state index in [4.69, 9.17) is 4.98 Å². The van der Waals surface area contributed by atoms with Gasteiger partial charge >= 0.3 is 7.12 Å². The van der Waals surface area contributed by atoms with Crippen LogP contribution in [0.4, 0.5) is 0 Å².